The fraction of sp³-hybridized carbons (Fsp3) is 0.209. The van der Waals surface area contributed by atoms with Crippen LogP contribution in [-0.4, -0.2) is 27.4 Å². The number of fused-ring (bicyclic) bond motifs is 1. The van der Waals surface area contributed by atoms with Crippen LogP contribution in [-0.2, 0) is 36.4 Å². The Labute approximate surface area is 301 Å². The molecular formula is C43H41FN2O4S. The van der Waals surface area contributed by atoms with E-state index in [1.165, 1.54) is 24.3 Å². The van der Waals surface area contributed by atoms with E-state index < -0.39 is 50.4 Å². The van der Waals surface area contributed by atoms with Gasteiger partial charge in [0.15, 0.2) is 0 Å². The first-order valence-corrected chi connectivity index (χ1v) is 18.0. The van der Waals surface area contributed by atoms with Gasteiger partial charge in [-0.05, 0) is 68.1 Å². The third-order valence-corrected chi connectivity index (χ3v) is 11.0. The van der Waals surface area contributed by atoms with Crippen LogP contribution in [0.1, 0.15) is 61.4 Å². The molecule has 1 amide bonds. The number of esters is 1. The molecule has 0 aromatic heterocycles. The number of carbonyl (C=O) groups is 2. The minimum absolute atomic E-state index is 0.0448. The zero-order chi connectivity index (χ0) is 36.4. The van der Waals surface area contributed by atoms with E-state index in [-0.39, 0.29) is 12.2 Å². The lowest BCUT2D eigenvalue weighted by Crippen LogP contribution is -2.61. The molecule has 6 rings (SSSR count). The molecule has 6 nitrogen and oxygen atoms in total. The van der Waals surface area contributed by atoms with E-state index in [0.717, 1.165) is 16.7 Å². The Morgan fingerprint density at radius 3 is 1.75 bits per heavy atom. The Bertz CT molecular complexity index is 1970. The van der Waals surface area contributed by atoms with Crippen molar-refractivity contribution < 1.29 is 22.9 Å². The molecule has 3 atom stereocenters. The van der Waals surface area contributed by atoms with E-state index in [0.29, 0.717) is 16.8 Å². The minimum atomic E-state index is -1.89. The van der Waals surface area contributed by atoms with Crippen LogP contribution in [0.3, 0.4) is 0 Å². The van der Waals surface area contributed by atoms with Gasteiger partial charge in [-0.1, -0.05) is 128 Å². The van der Waals surface area contributed by atoms with E-state index in [1.807, 2.05) is 136 Å². The fourth-order valence-electron chi connectivity index (χ4n) is 7.11. The van der Waals surface area contributed by atoms with Crippen LogP contribution in [0.2, 0.25) is 0 Å². The Hall–Kier alpha value is -5.18. The normalized spacial score (nSPS) is 17.0. The molecule has 5 aromatic rings. The van der Waals surface area contributed by atoms with Crippen LogP contribution in [0.4, 0.5) is 10.1 Å². The average Bonchev–Trinajstić information content (AvgIpc) is 3.38. The van der Waals surface area contributed by atoms with Gasteiger partial charge in [-0.15, -0.1) is 0 Å². The quantitative estimate of drug-likeness (QED) is 0.0855. The molecule has 1 aliphatic heterocycles. The maximum atomic E-state index is 16.3. The number of nitrogens with one attached hydrogen (secondary N) is 1. The van der Waals surface area contributed by atoms with Crippen LogP contribution in [0.5, 0.6) is 0 Å². The number of amides is 1. The molecular weight excluding hydrogens is 660 g/mol. The molecule has 0 bridgehead atoms. The highest BCUT2D eigenvalue weighted by Gasteiger charge is 2.63. The lowest BCUT2D eigenvalue weighted by Gasteiger charge is -2.46. The largest absolute Gasteiger partial charge is 0.463 e. The van der Waals surface area contributed by atoms with Crippen molar-refractivity contribution in [2.75, 3.05) is 11.5 Å². The lowest BCUT2D eigenvalue weighted by atomic mass is 9.71. The van der Waals surface area contributed by atoms with Gasteiger partial charge in [-0.25, -0.2) is 18.1 Å². The van der Waals surface area contributed by atoms with E-state index >= 15 is 4.79 Å². The molecule has 0 saturated carbocycles. The molecule has 0 fully saturated rings. The van der Waals surface area contributed by atoms with E-state index in [9.17, 15) is 13.4 Å². The summed E-state index contributed by atoms with van der Waals surface area (Å²) in [6.07, 6.45) is 0. The Morgan fingerprint density at radius 1 is 0.804 bits per heavy atom. The van der Waals surface area contributed by atoms with Crippen molar-refractivity contribution in [1.82, 2.24) is 4.72 Å². The summed E-state index contributed by atoms with van der Waals surface area (Å²) in [5.74, 6) is -2.87. The SMILES string of the molecule is C=C(C(=O)OCC)[C@H](c1ccc(F)cc1)[C@@]1(NS(=O)C(C)(C)C)C(=O)N(C(c2ccccc2)(c2ccccc2)c2ccccc2)c2ccccc21. The number of para-hydroxylation sites is 1. The predicted molar refractivity (Wildman–Crippen MR) is 201 cm³/mol. The van der Waals surface area contributed by atoms with Crippen LogP contribution in [0, 0.1) is 5.82 Å². The van der Waals surface area contributed by atoms with E-state index in [1.54, 1.807) is 11.8 Å². The van der Waals surface area contributed by atoms with Gasteiger partial charge in [0.2, 0.25) is 0 Å². The van der Waals surface area contributed by atoms with Crippen LogP contribution >= 0.6 is 0 Å². The number of anilines is 1. The first-order chi connectivity index (χ1) is 24.5. The number of rotatable bonds is 11. The summed E-state index contributed by atoms with van der Waals surface area (Å²) in [6.45, 7) is 11.4. The van der Waals surface area contributed by atoms with Gasteiger partial charge in [-0.2, -0.15) is 0 Å². The second-order valence-corrected chi connectivity index (χ2v) is 15.5. The molecule has 0 aliphatic carbocycles. The van der Waals surface area contributed by atoms with E-state index in [4.69, 9.17) is 4.74 Å². The molecule has 1 unspecified atom stereocenters. The summed E-state index contributed by atoms with van der Waals surface area (Å²) in [7, 11) is -1.87. The standard InChI is InChI=1S/C43H41FN2O4S/c1-6-50-39(47)30(2)38(31-26-28-35(44)29-27-31)42(45-51(49)41(3,4)5)36-24-16-17-25-37(36)46(40(42)48)43(32-18-10-7-11-19-32,33-20-12-8-13-21-33)34-22-14-9-15-23-34/h7-29,38,45H,2,6H2,1,3-5H3/t38-,42-,51?/m1/s1. The number of carbonyl (C=O) groups excluding carboxylic acids is 2. The number of hydrogen-bond acceptors (Lipinski definition) is 4. The number of benzene rings is 5. The average molecular weight is 701 g/mol. The number of halogens is 1. The predicted octanol–water partition coefficient (Wildman–Crippen LogP) is 8.31. The van der Waals surface area contributed by atoms with Gasteiger partial charge in [-0.3, -0.25) is 9.69 Å². The van der Waals surface area contributed by atoms with Crippen molar-refractivity contribution in [2.24, 2.45) is 0 Å². The lowest BCUT2D eigenvalue weighted by molar-refractivity contribution is -0.139. The summed E-state index contributed by atoms with van der Waals surface area (Å²) < 4.78 is 36.9. The smallest absolute Gasteiger partial charge is 0.334 e. The third-order valence-electron chi connectivity index (χ3n) is 9.35. The van der Waals surface area contributed by atoms with Gasteiger partial charge in [0.1, 0.15) is 16.9 Å². The van der Waals surface area contributed by atoms with Crippen LogP contribution in [0.15, 0.2) is 152 Å². The van der Waals surface area contributed by atoms with E-state index in [2.05, 4.69) is 11.3 Å². The third kappa shape index (κ3) is 6.13. The molecule has 1 aliphatic rings. The van der Waals surface area contributed by atoms with Gasteiger partial charge in [0.05, 0.1) is 28.0 Å². The number of ether oxygens (including phenoxy) is 1. The molecule has 0 spiro atoms. The highest BCUT2D eigenvalue weighted by molar-refractivity contribution is 7.84. The zero-order valence-electron chi connectivity index (χ0n) is 29.1. The monoisotopic (exact) mass is 700 g/mol. The van der Waals surface area contributed by atoms with Gasteiger partial charge in [0.25, 0.3) is 5.91 Å². The summed E-state index contributed by atoms with van der Waals surface area (Å²) in [5.41, 5.74) is 0.671. The highest BCUT2D eigenvalue weighted by atomic mass is 32.2. The molecule has 8 heteroatoms. The zero-order valence-corrected chi connectivity index (χ0v) is 30.0. The summed E-state index contributed by atoms with van der Waals surface area (Å²) in [6, 6.07) is 42.3. The minimum Gasteiger partial charge on any atom is -0.463 e. The first kappa shape index (κ1) is 35.6. The summed E-state index contributed by atoms with van der Waals surface area (Å²) >= 11 is 0. The molecule has 1 N–H and O–H groups in total. The number of nitrogens with zero attached hydrogens (tertiary/aromatic N) is 1. The Kier molecular flexibility index (Phi) is 9.93. The van der Waals surface area contributed by atoms with Gasteiger partial charge >= 0.3 is 5.97 Å². The van der Waals surface area contributed by atoms with Crippen molar-refractivity contribution in [1.29, 1.82) is 0 Å². The van der Waals surface area contributed by atoms with Crippen LogP contribution in [0.25, 0.3) is 0 Å². The maximum absolute atomic E-state index is 16.3. The highest BCUT2D eigenvalue weighted by Crippen LogP contribution is 2.57. The topological polar surface area (TPSA) is 75.7 Å². The van der Waals surface area contributed by atoms with Crippen LogP contribution < -0.4 is 9.62 Å². The molecule has 5 aromatic carbocycles. The van der Waals surface area contributed by atoms with Gasteiger partial charge < -0.3 is 4.74 Å². The molecule has 1 heterocycles. The molecule has 0 saturated heterocycles. The van der Waals surface area contributed by atoms with Crippen molar-refractivity contribution >= 4 is 28.5 Å². The molecule has 0 radical (unpaired) electrons. The molecule has 51 heavy (non-hydrogen) atoms. The van der Waals surface area contributed by atoms with Gasteiger partial charge in [0, 0.05) is 17.1 Å². The number of hydrogen-bond donors (Lipinski definition) is 1. The first-order valence-electron chi connectivity index (χ1n) is 16.9. The van der Waals surface area contributed by atoms with Crippen molar-refractivity contribution in [3.63, 3.8) is 0 Å². The van der Waals surface area contributed by atoms with Crippen molar-refractivity contribution in [2.45, 2.75) is 49.4 Å². The fourth-order valence-corrected chi connectivity index (χ4v) is 8.02. The second kappa shape index (κ2) is 14.2. The Morgan fingerprint density at radius 2 is 1.27 bits per heavy atom. The van der Waals surface area contributed by atoms with Crippen molar-refractivity contribution in [3.8, 4) is 0 Å². The summed E-state index contributed by atoms with van der Waals surface area (Å²) in [5, 5.41) is 0. The maximum Gasteiger partial charge on any atom is 0.334 e. The second-order valence-electron chi connectivity index (χ2n) is 13.5. The Balaban J connectivity index is 1.77. The summed E-state index contributed by atoms with van der Waals surface area (Å²) in [4.78, 5) is 31.9. The van der Waals surface area contributed by atoms with Crippen molar-refractivity contribution in [3.05, 3.63) is 185 Å². The molecule has 260 valence electrons.